The number of esters is 1. The molecule has 6 heteroatoms. The lowest BCUT2D eigenvalue weighted by molar-refractivity contribution is -0.143. The lowest BCUT2D eigenvalue weighted by Crippen LogP contribution is -2.42. The van der Waals surface area contributed by atoms with Gasteiger partial charge in [-0.3, -0.25) is 9.59 Å². The predicted octanol–water partition coefficient (Wildman–Crippen LogP) is 3.76. The molecule has 2 aliphatic heterocycles. The summed E-state index contributed by atoms with van der Waals surface area (Å²) in [6.45, 7) is 4.31. The fourth-order valence-corrected chi connectivity index (χ4v) is 4.27. The van der Waals surface area contributed by atoms with Gasteiger partial charge in [-0.15, -0.1) is 0 Å². The van der Waals surface area contributed by atoms with Crippen molar-refractivity contribution in [3.63, 3.8) is 0 Å². The van der Waals surface area contributed by atoms with Gasteiger partial charge in [-0.25, -0.2) is 0 Å². The summed E-state index contributed by atoms with van der Waals surface area (Å²) in [6, 6.07) is 7.86. The normalized spacial score (nSPS) is 22.2. The molecule has 0 radical (unpaired) electrons. The maximum atomic E-state index is 12.6. The van der Waals surface area contributed by atoms with Crippen molar-refractivity contribution in [3.8, 4) is 0 Å². The summed E-state index contributed by atoms with van der Waals surface area (Å²) in [7, 11) is 0. The summed E-state index contributed by atoms with van der Waals surface area (Å²) in [5.74, 6) is -1.20. The molecule has 2 N–H and O–H groups in total. The highest BCUT2D eigenvalue weighted by atomic mass is 16.5. The number of unbranched alkanes of at least 4 members (excludes halogenated alkanes) is 5. The summed E-state index contributed by atoms with van der Waals surface area (Å²) in [5.41, 5.74) is 0.792. The first-order chi connectivity index (χ1) is 15.0. The molecule has 1 saturated heterocycles. The van der Waals surface area contributed by atoms with E-state index in [9.17, 15) is 14.7 Å². The number of hydrogen-bond donors (Lipinski definition) is 2. The molecule has 2 heterocycles. The second kappa shape index (κ2) is 10.6. The predicted molar refractivity (Wildman–Crippen MR) is 120 cm³/mol. The first-order valence-electron chi connectivity index (χ1n) is 11.4. The number of nitrogens with zero attached hydrogens (tertiary/aromatic N) is 1. The quantitative estimate of drug-likeness (QED) is 0.416. The van der Waals surface area contributed by atoms with E-state index in [2.05, 4.69) is 18.3 Å². The average Bonchev–Trinajstić information content (AvgIpc) is 3.02. The molecule has 2 aliphatic rings. The molecule has 2 unspecified atom stereocenters. The van der Waals surface area contributed by atoms with E-state index in [-0.39, 0.29) is 18.4 Å². The SMILES string of the molecule is CCCCCCCCc1cccc(C2(O)NC(=O)C3=CN(CC(=O)OCC)C=CC32)c1. The van der Waals surface area contributed by atoms with Gasteiger partial charge >= 0.3 is 5.97 Å². The maximum absolute atomic E-state index is 12.6. The van der Waals surface area contributed by atoms with E-state index in [4.69, 9.17) is 4.74 Å². The minimum atomic E-state index is -1.49. The molecule has 0 aliphatic carbocycles. The Morgan fingerprint density at radius 1 is 1.19 bits per heavy atom. The molecule has 0 saturated carbocycles. The number of nitrogens with one attached hydrogen (secondary N) is 1. The van der Waals surface area contributed by atoms with E-state index in [1.807, 2.05) is 18.2 Å². The van der Waals surface area contributed by atoms with Crippen LogP contribution in [0.4, 0.5) is 0 Å². The molecular weight excluding hydrogens is 392 g/mol. The minimum absolute atomic E-state index is 0.0278. The van der Waals surface area contributed by atoms with Crippen molar-refractivity contribution in [1.82, 2.24) is 10.2 Å². The number of benzene rings is 1. The van der Waals surface area contributed by atoms with E-state index in [0.717, 1.165) is 18.4 Å². The summed E-state index contributed by atoms with van der Waals surface area (Å²) < 4.78 is 4.97. The molecule has 31 heavy (non-hydrogen) atoms. The second-order valence-electron chi connectivity index (χ2n) is 8.32. The Balaban J connectivity index is 1.67. The number of fused-ring (bicyclic) bond motifs is 1. The van der Waals surface area contributed by atoms with Crippen LogP contribution in [-0.2, 0) is 26.5 Å². The van der Waals surface area contributed by atoms with Crippen LogP contribution in [0.1, 0.15) is 63.5 Å². The zero-order valence-corrected chi connectivity index (χ0v) is 18.6. The zero-order valence-electron chi connectivity index (χ0n) is 18.6. The fraction of sp³-hybridized carbons (Fsp3) is 0.520. The van der Waals surface area contributed by atoms with Crippen molar-refractivity contribution < 1.29 is 19.4 Å². The third-order valence-electron chi connectivity index (χ3n) is 5.93. The first kappa shape index (κ1) is 23.1. The highest BCUT2D eigenvalue weighted by Crippen LogP contribution is 2.41. The molecule has 0 bridgehead atoms. The molecule has 3 rings (SSSR count). The average molecular weight is 427 g/mol. The van der Waals surface area contributed by atoms with Crippen molar-refractivity contribution >= 4 is 11.9 Å². The van der Waals surface area contributed by atoms with Crippen molar-refractivity contribution in [1.29, 1.82) is 0 Å². The van der Waals surface area contributed by atoms with E-state index in [0.29, 0.717) is 17.7 Å². The van der Waals surface area contributed by atoms with Crippen LogP contribution in [-0.4, -0.2) is 35.0 Å². The van der Waals surface area contributed by atoms with Crippen molar-refractivity contribution in [2.24, 2.45) is 5.92 Å². The minimum Gasteiger partial charge on any atom is -0.465 e. The molecule has 0 spiro atoms. The Morgan fingerprint density at radius 2 is 1.97 bits per heavy atom. The standard InChI is InChI=1S/C25H34N2O4/c1-3-5-6-7-8-9-11-19-12-10-13-20(16-19)25(30)22-14-15-27(18-23(28)31-4-2)17-21(22)24(29)26-25/h10,12-17,22,30H,3-9,11,18H2,1-2H3,(H,26,29). The molecule has 1 amide bonds. The smallest absolute Gasteiger partial charge is 0.325 e. The van der Waals surface area contributed by atoms with E-state index < -0.39 is 11.6 Å². The number of carbonyl (C=O) groups is 2. The zero-order chi connectivity index (χ0) is 22.3. The highest BCUT2D eigenvalue weighted by molar-refractivity contribution is 5.98. The fourth-order valence-electron chi connectivity index (χ4n) is 4.27. The number of ether oxygens (including phenoxy) is 1. The molecule has 2 atom stereocenters. The monoisotopic (exact) mass is 426 g/mol. The van der Waals surface area contributed by atoms with Crippen LogP contribution < -0.4 is 5.32 Å². The van der Waals surface area contributed by atoms with Crippen LogP contribution in [0.2, 0.25) is 0 Å². The van der Waals surface area contributed by atoms with Crippen LogP contribution in [0, 0.1) is 5.92 Å². The van der Waals surface area contributed by atoms with Gasteiger partial charge in [-0.05, 0) is 25.3 Å². The number of carbonyl (C=O) groups excluding carboxylic acids is 2. The van der Waals surface area contributed by atoms with Gasteiger partial charge in [0.05, 0.1) is 12.5 Å². The van der Waals surface area contributed by atoms with Crippen molar-refractivity contribution in [3.05, 3.63) is 59.4 Å². The Morgan fingerprint density at radius 3 is 2.74 bits per heavy atom. The third kappa shape index (κ3) is 5.56. The highest BCUT2D eigenvalue weighted by Gasteiger charge is 2.50. The van der Waals surface area contributed by atoms with Gasteiger partial charge in [0, 0.05) is 23.5 Å². The Hall–Kier alpha value is -2.60. The number of aryl methyl sites for hydroxylation is 1. The van der Waals surface area contributed by atoms with E-state index in [1.54, 1.807) is 30.3 Å². The molecule has 0 aromatic heterocycles. The Labute approximate surface area is 185 Å². The van der Waals surface area contributed by atoms with Crippen LogP contribution in [0.15, 0.2) is 48.3 Å². The molecule has 1 fully saturated rings. The molecule has 168 valence electrons. The summed E-state index contributed by atoms with van der Waals surface area (Å²) in [6.07, 6.45) is 13.5. The lowest BCUT2D eigenvalue weighted by Gasteiger charge is -2.31. The molecular formula is C25H34N2O4. The molecule has 6 nitrogen and oxygen atoms in total. The number of hydrogen-bond acceptors (Lipinski definition) is 5. The summed E-state index contributed by atoms with van der Waals surface area (Å²) in [5, 5.41) is 14.2. The topological polar surface area (TPSA) is 78.9 Å². The summed E-state index contributed by atoms with van der Waals surface area (Å²) >= 11 is 0. The second-order valence-corrected chi connectivity index (χ2v) is 8.32. The van der Waals surface area contributed by atoms with Crippen LogP contribution in [0.3, 0.4) is 0 Å². The van der Waals surface area contributed by atoms with Gasteiger partial charge in [-0.2, -0.15) is 0 Å². The van der Waals surface area contributed by atoms with Gasteiger partial charge in [-0.1, -0.05) is 69.4 Å². The number of aliphatic hydroxyl groups is 1. The number of rotatable bonds is 11. The number of amides is 1. The molecule has 1 aromatic carbocycles. The Kier molecular flexibility index (Phi) is 7.91. The van der Waals surface area contributed by atoms with Gasteiger partial charge in [0.2, 0.25) is 0 Å². The van der Waals surface area contributed by atoms with Crippen molar-refractivity contribution in [2.45, 2.75) is 64.5 Å². The van der Waals surface area contributed by atoms with Crippen LogP contribution in [0.25, 0.3) is 0 Å². The largest absolute Gasteiger partial charge is 0.465 e. The van der Waals surface area contributed by atoms with Crippen LogP contribution >= 0.6 is 0 Å². The molecule has 1 aromatic rings. The van der Waals surface area contributed by atoms with E-state index >= 15 is 0 Å². The van der Waals surface area contributed by atoms with Gasteiger partial charge in [0.25, 0.3) is 5.91 Å². The van der Waals surface area contributed by atoms with Crippen LogP contribution in [0.5, 0.6) is 0 Å². The Bertz CT molecular complexity index is 848. The first-order valence-corrected chi connectivity index (χ1v) is 11.4. The summed E-state index contributed by atoms with van der Waals surface area (Å²) in [4.78, 5) is 26.0. The maximum Gasteiger partial charge on any atom is 0.325 e. The third-order valence-corrected chi connectivity index (χ3v) is 5.93. The lowest BCUT2D eigenvalue weighted by atomic mass is 9.85. The van der Waals surface area contributed by atoms with Crippen molar-refractivity contribution in [2.75, 3.05) is 13.2 Å². The van der Waals surface area contributed by atoms with Gasteiger partial charge < -0.3 is 20.1 Å². The van der Waals surface area contributed by atoms with E-state index in [1.165, 1.54) is 32.1 Å². The van der Waals surface area contributed by atoms with Gasteiger partial charge in [0.15, 0.2) is 5.72 Å². The van der Waals surface area contributed by atoms with Gasteiger partial charge in [0.1, 0.15) is 6.54 Å².